The lowest BCUT2D eigenvalue weighted by molar-refractivity contribution is 0.840. The van der Waals surface area contributed by atoms with E-state index in [9.17, 15) is 0 Å². The van der Waals surface area contributed by atoms with Crippen LogP contribution in [0.3, 0.4) is 0 Å². The van der Waals surface area contributed by atoms with Crippen LogP contribution in [0, 0.1) is 0 Å². The van der Waals surface area contributed by atoms with Gasteiger partial charge in [-0.2, -0.15) is 0 Å². The molecule has 7 aromatic rings. The summed E-state index contributed by atoms with van der Waals surface area (Å²) in [5, 5.41) is 6.92. The van der Waals surface area contributed by atoms with Crippen LogP contribution in [0.25, 0.3) is 57.3 Å². The zero-order chi connectivity index (χ0) is 21.5. The zero-order valence-corrected chi connectivity index (χ0v) is 19.4. The Hall–Kier alpha value is -3.40. The molecule has 4 aromatic carbocycles. The largest absolute Gasteiger partial charge is 0.355 e. The van der Waals surface area contributed by atoms with Gasteiger partial charge in [0.05, 0.1) is 0 Å². The summed E-state index contributed by atoms with van der Waals surface area (Å²) in [5.41, 5.74) is 5.44. The fourth-order valence-electron chi connectivity index (χ4n) is 5.68. The van der Waals surface area contributed by atoms with Gasteiger partial charge in [-0.25, -0.2) is 0 Å². The van der Waals surface area contributed by atoms with E-state index in [2.05, 4.69) is 96.0 Å². The third kappa shape index (κ3) is 2.47. The zero-order valence-electron chi connectivity index (χ0n) is 17.8. The van der Waals surface area contributed by atoms with Crippen molar-refractivity contribution >= 4 is 80.0 Å². The maximum atomic E-state index is 3.71. The highest BCUT2D eigenvalue weighted by Crippen LogP contribution is 2.45. The minimum Gasteiger partial charge on any atom is -0.355 e. The van der Waals surface area contributed by atoms with Crippen molar-refractivity contribution in [1.29, 1.82) is 0 Å². The Labute approximate surface area is 198 Å². The molecule has 1 nitrogen and oxygen atoms in total. The summed E-state index contributed by atoms with van der Waals surface area (Å²) in [4.78, 5) is 3.71. The van der Waals surface area contributed by atoms with E-state index in [1.165, 1.54) is 68.1 Å². The lowest BCUT2D eigenvalue weighted by Crippen LogP contribution is -2.05. The monoisotopic (exact) mass is 457 g/mol. The topological polar surface area (TPSA) is 15.8 Å². The fraction of sp³-hybridized carbons (Fsp3) is 0.0667. The Kier molecular flexibility index (Phi) is 3.60. The Morgan fingerprint density at radius 3 is 2.18 bits per heavy atom. The third-order valence-corrected chi connectivity index (χ3v) is 9.64. The average molecular weight is 458 g/mol. The van der Waals surface area contributed by atoms with Crippen molar-refractivity contribution in [3.05, 3.63) is 102 Å². The van der Waals surface area contributed by atoms with Crippen molar-refractivity contribution in [2.75, 3.05) is 0 Å². The molecule has 3 heterocycles. The Morgan fingerprint density at radius 2 is 1.36 bits per heavy atom. The molecular weight excluding hydrogens is 438 g/mol. The minimum atomic E-state index is 0.387. The van der Waals surface area contributed by atoms with Gasteiger partial charge in [0.2, 0.25) is 0 Å². The van der Waals surface area contributed by atoms with Crippen molar-refractivity contribution in [3.8, 4) is 0 Å². The maximum Gasteiger partial charge on any atom is 0.0476 e. The molecule has 0 bridgehead atoms. The van der Waals surface area contributed by atoms with E-state index in [0.29, 0.717) is 5.92 Å². The van der Waals surface area contributed by atoms with Crippen LogP contribution in [0.15, 0.2) is 84.9 Å². The summed E-state index contributed by atoms with van der Waals surface area (Å²) in [5.74, 6) is 0.387. The molecule has 0 saturated heterocycles. The predicted octanol–water partition coefficient (Wildman–Crippen LogP) is 9.26. The van der Waals surface area contributed by atoms with Gasteiger partial charge in [0.25, 0.3) is 0 Å². The van der Waals surface area contributed by atoms with Crippen molar-refractivity contribution < 1.29 is 0 Å². The molecule has 1 atom stereocenters. The second kappa shape index (κ2) is 6.57. The molecule has 0 fully saturated rings. The molecule has 0 saturated carbocycles. The van der Waals surface area contributed by atoms with Crippen molar-refractivity contribution in [2.24, 2.45) is 0 Å². The standard InChI is InChI=1S/C30H19NS2/c1-3-10-26-19(6-1)21-9-5-8-18(29(21)32-26)17-12-14-24-23(16-17)28-25(31-24)15-13-22-20-7-2-4-11-27(20)33-30(22)28/h1-15,17,31H,16H2. The SMILES string of the molecule is C1=CC(c2cccc3c2sc2ccccc23)Cc2c1[nH]c1ccc3c4ccccc4sc3c21. The molecule has 0 amide bonds. The number of rotatable bonds is 1. The molecule has 8 rings (SSSR count). The molecule has 0 radical (unpaired) electrons. The first-order chi connectivity index (χ1) is 16.3. The number of fused-ring (bicyclic) bond motifs is 10. The number of H-pyrrole nitrogens is 1. The van der Waals surface area contributed by atoms with E-state index in [0.717, 1.165) is 6.42 Å². The summed E-state index contributed by atoms with van der Waals surface area (Å²) in [6, 6.07) is 29.0. The molecular formula is C30H19NS2. The van der Waals surface area contributed by atoms with Crippen LogP contribution in [-0.4, -0.2) is 4.98 Å². The number of aromatic amines is 1. The van der Waals surface area contributed by atoms with Gasteiger partial charge in [-0.15, -0.1) is 22.7 Å². The Bertz CT molecular complexity index is 1910. The van der Waals surface area contributed by atoms with E-state index >= 15 is 0 Å². The summed E-state index contributed by atoms with van der Waals surface area (Å²) in [6.45, 7) is 0. The van der Waals surface area contributed by atoms with Gasteiger partial charge >= 0.3 is 0 Å². The quantitative estimate of drug-likeness (QED) is 0.253. The van der Waals surface area contributed by atoms with Crippen LogP contribution < -0.4 is 0 Å². The summed E-state index contributed by atoms with van der Waals surface area (Å²) >= 11 is 3.86. The molecule has 0 spiro atoms. The molecule has 33 heavy (non-hydrogen) atoms. The highest BCUT2D eigenvalue weighted by Gasteiger charge is 2.24. The average Bonchev–Trinajstić information content (AvgIpc) is 3.54. The number of aromatic nitrogens is 1. The van der Waals surface area contributed by atoms with Gasteiger partial charge in [0.15, 0.2) is 0 Å². The van der Waals surface area contributed by atoms with Crippen LogP contribution in [0.1, 0.15) is 22.7 Å². The van der Waals surface area contributed by atoms with E-state index in [1.54, 1.807) is 0 Å². The van der Waals surface area contributed by atoms with E-state index in [-0.39, 0.29) is 0 Å². The third-order valence-electron chi connectivity index (χ3n) is 7.20. The molecule has 1 aliphatic carbocycles. The highest BCUT2D eigenvalue weighted by molar-refractivity contribution is 7.27. The van der Waals surface area contributed by atoms with Crippen molar-refractivity contribution in [1.82, 2.24) is 4.98 Å². The summed E-state index contributed by atoms with van der Waals surface area (Å²) in [6.07, 6.45) is 5.75. The second-order valence-electron chi connectivity index (χ2n) is 8.97. The number of thiophene rings is 2. The molecule has 156 valence electrons. The van der Waals surface area contributed by atoms with Gasteiger partial charge < -0.3 is 4.98 Å². The maximum absolute atomic E-state index is 3.71. The van der Waals surface area contributed by atoms with Crippen LogP contribution in [0.5, 0.6) is 0 Å². The van der Waals surface area contributed by atoms with Gasteiger partial charge in [0, 0.05) is 62.9 Å². The van der Waals surface area contributed by atoms with E-state index < -0.39 is 0 Å². The summed E-state index contributed by atoms with van der Waals surface area (Å²) < 4.78 is 5.59. The van der Waals surface area contributed by atoms with Crippen molar-refractivity contribution in [2.45, 2.75) is 12.3 Å². The molecule has 3 heteroatoms. The number of hydrogen-bond acceptors (Lipinski definition) is 2. The smallest absolute Gasteiger partial charge is 0.0476 e. The first-order valence-corrected chi connectivity index (χ1v) is 13.0. The van der Waals surface area contributed by atoms with Crippen LogP contribution in [-0.2, 0) is 6.42 Å². The van der Waals surface area contributed by atoms with Crippen LogP contribution >= 0.6 is 22.7 Å². The number of benzene rings is 4. The lowest BCUT2D eigenvalue weighted by atomic mass is 9.86. The van der Waals surface area contributed by atoms with Crippen molar-refractivity contribution in [3.63, 3.8) is 0 Å². The minimum absolute atomic E-state index is 0.387. The van der Waals surface area contributed by atoms with Gasteiger partial charge in [-0.1, -0.05) is 66.7 Å². The fourth-order valence-corrected chi connectivity index (χ4v) is 8.23. The predicted molar refractivity (Wildman–Crippen MR) is 146 cm³/mol. The molecule has 0 aliphatic heterocycles. The van der Waals surface area contributed by atoms with Gasteiger partial charge in [-0.3, -0.25) is 0 Å². The number of nitrogens with one attached hydrogen (secondary N) is 1. The highest BCUT2D eigenvalue weighted by atomic mass is 32.1. The lowest BCUT2D eigenvalue weighted by Gasteiger charge is -2.18. The van der Waals surface area contributed by atoms with Crippen LogP contribution in [0.2, 0.25) is 0 Å². The van der Waals surface area contributed by atoms with E-state index in [1.807, 2.05) is 22.7 Å². The Balaban J connectivity index is 1.35. The number of allylic oxidation sites excluding steroid dienone is 1. The summed E-state index contributed by atoms with van der Waals surface area (Å²) in [7, 11) is 0. The Morgan fingerprint density at radius 1 is 0.667 bits per heavy atom. The molecule has 1 unspecified atom stereocenters. The van der Waals surface area contributed by atoms with Gasteiger partial charge in [-0.05, 0) is 41.8 Å². The second-order valence-corrected chi connectivity index (χ2v) is 11.1. The number of hydrogen-bond donors (Lipinski definition) is 1. The molecule has 1 aliphatic rings. The first-order valence-electron chi connectivity index (χ1n) is 11.4. The first kappa shape index (κ1) is 18.1. The van der Waals surface area contributed by atoms with E-state index in [4.69, 9.17) is 0 Å². The normalized spacial score (nSPS) is 15.9. The van der Waals surface area contributed by atoms with Crippen LogP contribution in [0.4, 0.5) is 0 Å². The molecule has 3 aromatic heterocycles. The molecule has 1 N–H and O–H groups in total. The van der Waals surface area contributed by atoms with Gasteiger partial charge in [0.1, 0.15) is 0 Å².